The molecule has 1 amide bonds. The number of hydrogen-bond acceptors (Lipinski definition) is 6. The highest BCUT2D eigenvalue weighted by atomic mass is 32.2. The second-order valence-electron chi connectivity index (χ2n) is 4.88. The molecule has 0 bridgehead atoms. The van der Waals surface area contributed by atoms with Crippen LogP contribution in [0.2, 0.25) is 0 Å². The van der Waals surface area contributed by atoms with E-state index in [0.29, 0.717) is 0 Å². The fourth-order valence-corrected chi connectivity index (χ4v) is 2.88. The van der Waals surface area contributed by atoms with E-state index in [1.807, 2.05) is 4.72 Å². The molecule has 0 saturated heterocycles. The largest absolute Gasteiger partial charge is 0.454 e. The number of ether oxygens (including phenoxy) is 1. The standard InChI is InChI=1S/C15H17FN2O6S/c1-3-8-17-13(20)9-24-15(21)14(10(2)19)18-25(22,23)12-6-4-11(16)5-7-12/h1,4-7,10,14,18-19H,8-9H2,2H3,(H,17,20)/t10-,14+/m0/s1. The quantitative estimate of drug-likeness (QED) is 0.404. The molecule has 0 aliphatic rings. The molecule has 10 heteroatoms. The molecule has 25 heavy (non-hydrogen) atoms. The number of sulfonamides is 1. The average Bonchev–Trinajstić information content (AvgIpc) is 2.55. The van der Waals surface area contributed by atoms with Crippen molar-refractivity contribution in [3.63, 3.8) is 0 Å². The van der Waals surface area contributed by atoms with Crippen molar-refractivity contribution >= 4 is 21.9 Å². The first-order valence-corrected chi connectivity index (χ1v) is 8.48. The zero-order valence-corrected chi connectivity index (χ0v) is 14.0. The fourth-order valence-electron chi connectivity index (χ4n) is 1.62. The Kier molecular flexibility index (Phi) is 7.50. The summed E-state index contributed by atoms with van der Waals surface area (Å²) in [4.78, 5) is 22.9. The summed E-state index contributed by atoms with van der Waals surface area (Å²) in [6, 6.07) is 2.20. The topological polar surface area (TPSA) is 122 Å². The van der Waals surface area contributed by atoms with Gasteiger partial charge in [-0.1, -0.05) is 5.92 Å². The van der Waals surface area contributed by atoms with E-state index >= 15 is 0 Å². The molecule has 2 atom stereocenters. The highest BCUT2D eigenvalue weighted by molar-refractivity contribution is 7.89. The van der Waals surface area contributed by atoms with Gasteiger partial charge in [0.1, 0.15) is 11.9 Å². The van der Waals surface area contributed by atoms with Crippen LogP contribution >= 0.6 is 0 Å². The molecule has 0 spiro atoms. The minimum atomic E-state index is -4.22. The second-order valence-corrected chi connectivity index (χ2v) is 6.60. The molecule has 136 valence electrons. The van der Waals surface area contributed by atoms with E-state index in [1.54, 1.807) is 0 Å². The monoisotopic (exact) mass is 372 g/mol. The van der Waals surface area contributed by atoms with Gasteiger partial charge in [-0.2, -0.15) is 4.72 Å². The highest BCUT2D eigenvalue weighted by Crippen LogP contribution is 2.11. The van der Waals surface area contributed by atoms with E-state index in [9.17, 15) is 27.5 Å². The summed E-state index contributed by atoms with van der Waals surface area (Å²) in [5.74, 6) is -0.325. The number of terminal acetylenes is 1. The number of hydrogen-bond donors (Lipinski definition) is 3. The molecule has 0 saturated carbocycles. The molecule has 0 heterocycles. The maximum atomic E-state index is 12.9. The van der Waals surface area contributed by atoms with Crippen LogP contribution in [0, 0.1) is 18.2 Å². The van der Waals surface area contributed by atoms with Crippen molar-refractivity contribution in [2.75, 3.05) is 13.2 Å². The molecule has 1 aromatic carbocycles. The molecule has 0 aliphatic heterocycles. The van der Waals surface area contributed by atoms with Gasteiger partial charge >= 0.3 is 5.97 Å². The Morgan fingerprint density at radius 3 is 2.48 bits per heavy atom. The Morgan fingerprint density at radius 2 is 1.96 bits per heavy atom. The van der Waals surface area contributed by atoms with Crippen molar-refractivity contribution < 1.29 is 32.2 Å². The minimum Gasteiger partial charge on any atom is -0.454 e. The molecular formula is C15H17FN2O6S. The van der Waals surface area contributed by atoms with Crippen LogP contribution in [0.4, 0.5) is 4.39 Å². The Morgan fingerprint density at radius 1 is 1.36 bits per heavy atom. The highest BCUT2D eigenvalue weighted by Gasteiger charge is 2.31. The van der Waals surface area contributed by atoms with Crippen LogP contribution in [-0.2, 0) is 24.3 Å². The summed E-state index contributed by atoms with van der Waals surface area (Å²) < 4.78 is 43.9. The molecule has 0 aliphatic carbocycles. The average molecular weight is 372 g/mol. The molecule has 1 aromatic rings. The lowest BCUT2D eigenvalue weighted by molar-refractivity contribution is -0.152. The third-order valence-electron chi connectivity index (χ3n) is 2.88. The van der Waals surface area contributed by atoms with Gasteiger partial charge in [0.25, 0.3) is 5.91 Å². The van der Waals surface area contributed by atoms with Crippen molar-refractivity contribution in [2.24, 2.45) is 0 Å². The van der Waals surface area contributed by atoms with Crippen LogP contribution in [0.1, 0.15) is 6.92 Å². The van der Waals surface area contributed by atoms with Crippen LogP contribution in [0.25, 0.3) is 0 Å². The van der Waals surface area contributed by atoms with E-state index in [-0.39, 0.29) is 11.4 Å². The van der Waals surface area contributed by atoms with Crippen molar-refractivity contribution in [1.82, 2.24) is 10.0 Å². The lowest BCUT2D eigenvalue weighted by Crippen LogP contribution is -2.49. The normalized spacial score (nSPS) is 13.4. The summed E-state index contributed by atoms with van der Waals surface area (Å²) in [7, 11) is -4.22. The van der Waals surface area contributed by atoms with Crippen LogP contribution in [0.3, 0.4) is 0 Å². The lowest BCUT2D eigenvalue weighted by atomic mass is 10.2. The number of carbonyl (C=O) groups excluding carboxylic acids is 2. The zero-order valence-electron chi connectivity index (χ0n) is 13.2. The Hall–Kier alpha value is -2.48. The smallest absolute Gasteiger partial charge is 0.327 e. The van der Waals surface area contributed by atoms with E-state index in [4.69, 9.17) is 6.42 Å². The summed E-state index contributed by atoms with van der Waals surface area (Å²) in [6.07, 6.45) is 3.50. The Labute approximate surface area is 144 Å². The van der Waals surface area contributed by atoms with Gasteiger partial charge in [-0.25, -0.2) is 12.8 Å². The second kappa shape index (κ2) is 9.12. The van der Waals surface area contributed by atoms with E-state index < -0.39 is 46.5 Å². The summed E-state index contributed by atoms with van der Waals surface area (Å²) in [5, 5.41) is 11.9. The van der Waals surface area contributed by atoms with Crippen LogP contribution < -0.4 is 10.0 Å². The third kappa shape index (κ3) is 6.50. The van der Waals surface area contributed by atoms with E-state index in [2.05, 4.69) is 16.0 Å². The van der Waals surface area contributed by atoms with E-state index in [1.165, 1.54) is 0 Å². The number of halogens is 1. The predicted octanol–water partition coefficient (Wildman–Crippen LogP) is -0.854. The molecule has 0 aromatic heterocycles. The fraction of sp³-hybridized carbons (Fsp3) is 0.333. The SMILES string of the molecule is C#CCNC(=O)COC(=O)[C@H](NS(=O)(=O)c1ccc(F)cc1)[C@H](C)O. The number of aliphatic hydroxyl groups excluding tert-OH is 1. The number of amides is 1. The first kappa shape index (κ1) is 20.6. The lowest BCUT2D eigenvalue weighted by Gasteiger charge is -2.19. The molecule has 1 rings (SSSR count). The predicted molar refractivity (Wildman–Crippen MR) is 85.0 cm³/mol. The van der Waals surface area contributed by atoms with Gasteiger partial charge in [0.2, 0.25) is 10.0 Å². The van der Waals surface area contributed by atoms with Gasteiger partial charge in [0, 0.05) is 0 Å². The number of benzene rings is 1. The Bertz CT molecular complexity index is 755. The molecule has 3 N–H and O–H groups in total. The molecule has 8 nitrogen and oxygen atoms in total. The summed E-state index contributed by atoms with van der Waals surface area (Å²) in [6.45, 7) is 0.410. The summed E-state index contributed by atoms with van der Waals surface area (Å²) >= 11 is 0. The maximum Gasteiger partial charge on any atom is 0.327 e. The third-order valence-corrected chi connectivity index (χ3v) is 4.33. The van der Waals surface area contributed by atoms with Gasteiger partial charge in [-0.05, 0) is 31.2 Å². The van der Waals surface area contributed by atoms with Gasteiger partial charge in [0.15, 0.2) is 6.61 Å². The molecule has 0 unspecified atom stereocenters. The molecule has 0 radical (unpaired) electrons. The van der Waals surface area contributed by atoms with Gasteiger partial charge in [0.05, 0.1) is 17.5 Å². The number of rotatable bonds is 8. The Balaban J connectivity index is 2.79. The van der Waals surface area contributed by atoms with Gasteiger partial charge in [-0.3, -0.25) is 9.59 Å². The van der Waals surface area contributed by atoms with Crippen LogP contribution in [-0.4, -0.2) is 50.7 Å². The van der Waals surface area contributed by atoms with Crippen molar-refractivity contribution in [3.8, 4) is 12.3 Å². The molecular weight excluding hydrogens is 355 g/mol. The minimum absolute atomic E-state index is 0.0621. The first-order chi connectivity index (χ1) is 11.7. The van der Waals surface area contributed by atoms with Crippen molar-refractivity contribution in [1.29, 1.82) is 0 Å². The zero-order chi connectivity index (χ0) is 19.0. The summed E-state index contributed by atoms with van der Waals surface area (Å²) in [5.41, 5.74) is 0. The number of carbonyl (C=O) groups is 2. The van der Waals surface area contributed by atoms with Crippen LogP contribution in [0.15, 0.2) is 29.2 Å². The molecule has 0 fully saturated rings. The van der Waals surface area contributed by atoms with Crippen molar-refractivity contribution in [2.45, 2.75) is 24.0 Å². The van der Waals surface area contributed by atoms with E-state index in [0.717, 1.165) is 31.2 Å². The van der Waals surface area contributed by atoms with Gasteiger partial charge in [-0.15, -0.1) is 6.42 Å². The van der Waals surface area contributed by atoms with Gasteiger partial charge < -0.3 is 15.2 Å². The van der Waals surface area contributed by atoms with Crippen LogP contribution in [0.5, 0.6) is 0 Å². The number of nitrogens with one attached hydrogen (secondary N) is 2. The number of aliphatic hydroxyl groups is 1. The maximum absolute atomic E-state index is 12.9. The first-order valence-electron chi connectivity index (χ1n) is 7.00. The van der Waals surface area contributed by atoms with Crippen molar-refractivity contribution in [3.05, 3.63) is 30.1 Å². The number of esters is 1.